The summed E-state index contributed by atoms with van der Waals surface area (Å²) < 4.78 is 12.6. The predicted molar refractivity (Wildman–Crippen MR) is 165 cm³/mol. The van der Waals surface area contributed by atoms with Gasteiger partial charge < -0.3 is 14.2 Å². The lowest BCUT2D eigenvalue weighted by molar-refractivity contribution is 0.00578. The maximum atomic E-state index is 6.28. The third kappa shape index (κ3) is 5.04. The van der Waals surface area contributed by atoms with Crippen LogP contribution >= 0.6 is 0 Å². The molecule has 3 nitrogen and oxygen atoms in total. The molecule has 39 heavy (non-hydrogen) atoms. The molecule has 4 heteroatoms. The number of allylic oxidation sites excluding steroid dienone is 5. The van der Waals surface area contributed by atoms with E-state index in [4.69, 9.17) is 9.31 Å². The van der Waals surface area contributed by atoms with Crippen LogP contribution in [0.5, 0.6) is 0 Å². The summed E-state index contributed by atoms with van der Waals surface area (Å²) in [4.78, 5) is 2.31. The molecule has 0 unspecified atom stereocenters. The highest BCUT2D eigenvalue weighted by molar-refractivity contribution is 6.55. The molecule has 1 saturated heterocycles. The van der Waals surface area contributed by atoms with Crippen molar-refractivity contribution < 1.29 is 9.31 Å². The molecular formula is C35H40BNO2. The fraction of sp³-hybridized carbons (Fsp3) is 0.314. The molecule has 1 fully saturated rings. The molecule has 0 aromatic heterocycles. The number of anilines is 2. The Kier molecular flexibility index (Phi) is 6.99. The molecule has 3 aromatic carbocycles. The molecular weight excluding hydrogens is 477 g/mol. The summed E-state index contributed by atoms with van der Waals surface area (Å²) in [5.74, 6) is 0. The molecule has 5 rings (SSSR count). The van der Waals surface area contributed by atoms with Crippen LogP contribution in [0, 0.1) is 0 Å². The zero-order valence-electron chi connectivity index (χ0n) is 24.4. The normalized spacial score (nSPS) is 19.3. The summed E-state index contributed by atoms with van der Waals surface area (Å²) in [5.41, 5.74) is 9.02. The van der Waals surface area contributed by atoms with Gasteiger partial charge in [0.25, 0.3) is 0 Å². The van der Waals surface area contributed by atoms with Crippen LogP contribution in [0.15, 0.2) is 109 Å². The Hall–Kier alpha value is -3.34. The van der Waals surface area contributed by atoms with Gasteiger partial charge in [-0.05, 0) is 105 Å². The molecule has 0 atom stereocenters. The van der Waals surface area contributed by atoms with Crippen LogP contribution in [0.25, 0.3) is 11.1 Å². The Morgan fingerprint density at radius 2 is 1.44 bits per heavy atom. The van der Waals surface area contributed by atoms with Crippen molar-refractivity contribution in [1.82, 2.24) is 0 Å². The van der Waals surface area contributed by atoms with Gasteiger partial charge in [0.2, 0.25) is 0 Å². The fourth-order valence-electron chi connectivity index (χ4n) is 5.65. The van der Waals surface area contributed by atoms with Crippen LogP contribution in [0.3, 0.4) is 0 Å². The molecule has 0 amide bonds. The summed E-state index contributed by atoms with van der Waals surface area (Å²) in [6, 6.07) is 26.3. The van der Waals surface area contributed by atoms with Crippen LogP contribution < -0.4 is 4.90 Å². The maximum absolute atomic E-state index is 6.28. The summed E-state index contributed by atoms with van der Waals surface area (Å²) in [6.45, 7) is 19.2. The molecule has 0 bridgehead atoms. The minimum Gasteiger partial charge on any atom is -0.399 e. The summed E-state index contributed by atoms with van der Waals surface area (Å²) in [7, 11) is -0.451. The van der Waals surface area contributed by atoms with Crippen molar-refractivity contribution in [1.29, 1.82) is 0 Å². The molecule has 3 aromatic rings. The average molecular weight is 518 g/mol. The zero-order valence-corrected chi connectivity index (χ0v) is 24.4. The number of nitrogens with zero attached hydrogens (tertiary/aromatic N) is 1. The topological polar surface area (TPSA) is 21.7 Å². The van der Waals surface area contributed by atoms with Gasteiger partial charge >= 0.3 is 7.12 Å². The van der Waals surface area contributed by atoms with E-state index in [0.29, 0.717) is 0 Å². The van der Waals surface area contributed by atoms with E-state index in [2.05, 4.69) is 145 Å². The Labute approximate surface area is 235 Å². The SMILES string of the molecule is C=C/C(=C\C=C(/C)N(c1ccccc1)c1ccc2c(c1)CC(C)(C)c1ccccc1-2)B1OC(C)(C)C(C)(C)O1. The molecule has 200 valence electrons. The lowest BCUT2D eigenvalue weighted by atomic mass is 9.70. The van der Waals surface area contributed by atoms with Gasteiger partial charge in [0.05, 0.1) is 11.2 Å². The van der Waals surface area contributed by atoms with Crippen LogP contribution in [-0.4, -0.2) is 18.3 Å². The minimum absolute atomic E-state index is 0.0785. The number of fused-ring (bicyclic) bond motifs is 3. The highest BCUT2D eigenvalue weighted by atomic mass is 16.7. The second-order valence-corrected chi connectivity index (χ2v) is 12.4. The fourth-order valence-corrected chi connectivity index (χ4v) is 5.65. The van der Waals surface area contributed by atoms with Crippen LogP contribution in [0.2, 0.25) is 0 Å². The van der Waals surface area contributed by atoms with E-state index >= 15 is 0 Å². The van der Waals surface area contributed by atoms with Gasteiger partial charge in [-0.1, -0.05) is 81.1 Å². The van der Waals surface area contributed by atoms with Crippen LogP contribution in [-0.2, 0) is 21.1 Å². The maximum Gasteiger partial charge on any atom is 0.494 e. The molecule has 1 heterocycles. The molecule has 0 saturated carbocycles. The van der Waals surface area contributed by atoms with E-state index < -0.39 is 18.3 Å². The second-order valence-electron chi connectivity index (χ2n) is 12.4. The first-order valence-corrected chi connectivity index (χ1v) is 13.9. The quantitative estimate of drug-likeness (QED) is 0.241. The monoisotopic (exact) mass is 517 g/mol. The number of benzene rings is 3. The van der Waals surface area contributed by atoms with Crippen LogP contribution in [0.1, 0.15) is 59.6 Å². The highest BCUT2D eigenvalue weighted by Gasteiger charge is 2.51. The van der Waals surface area contributed by atoms with E-state index in [1.54, 1.807) is 0 Å². The average Bonchev–Trinajstić information content (AvgIpc) is 3.11. The third-order valence-electron chi connectivity index (χ3n) is 8.57. The van der Waals surface area contributed by atoms with E-state index in [1.165, 1.54) is 22.3 Å². The van der Waals surface area contributed by atoms with Crippen molar-refractivity contribution in [2.45, 2.75) is 71.5 Å². The van der Waals surface area contributed by atoms with Crippen molar-refractivity contribution in [2.75, 3.05) is 4.90 Å². The van der Waals surface area contributed by atoms with Gasteiger partial charge in [0.1, 0.15) is 0 Å². The number of para-hydroxylation sites is 1. The zero-order chi connectivity index (χ0) is 28.0. The summed E-state index contributed by atoms with van der Waals surface area (Å²) in [6.07, 6.45) is 7.03. The number of hydrogen-bond donors (Lipinski definition) is 0. The minimum atomic E-state index is -0.451. The Morgan fingerprint density at radius 1 is 0.795 bits per heavy atom. The second kappa shape index (κ2) is 10.0. The molecule has 0 N–H and O–H groups in total. The highest BCUT2D eigenvalue weighted by Crippen LogP contribution is 2.45. The van der Waals surface area contributed by atoms with Gasteiger partial charge in [0, 0.05) is 17.1 Å². The first kappa shape index (κ1) is 27.2. The van der Waals surface area contributed by atoms with E-state index in [0.717, 1.165) is 29.0 Å². The van der Waals surface area contributed by atoms with Crippen molar-refractivity contribution in [3.8, 4) is 11.1 Å². The standard InChI is InChI=1S/C35H40BNO2/c1-9-27(36-38-34(5,6)35(7,8)39-36)20-19-25(2)37(28-15-11-10-12-16-28)29-21-22-30-26(23-29)24-33(3,4)32-18-14-13-17-31(30)32/h9-23H,1,24H2,2-8H3/b25-19+,27-20+. The van der Waals surface area contributed by atoms with Crippen molar-refractivity contribution in [3.05, 3.63) is 120 Å². The smallest absolute Gasteiger partial charge is 0.399 e. The number of hydrogen-bond acceptors (Lipinski definition) is 3. The molecule has 1 aliphatic carbocycles. The van der Waals surface area contributed by atoms with Gasteiger partial charge in [-0.2, -0.15) is 0 Å². The van der Waals surface area contributed by atoms with Crippen LogP contribution in [0.4, 0.5) is 11.4 Å². The lowest BCUT2D eigenvalue weighted by Gasteiger charge is -2.35. The van der Waals surface area contributed by atoms with Gasteiger partial charge in [0.15, 0.2) is 0 Å². The molecule has 2 aliphatic rings. The Bertz CT molecular complexity index is 1430. The summed E-state index contributed by atoms with van der Waals surface area (Å²) in [5, 5.41) is 0. The van der Waals surface area contributed by atoms with Crippen molar-refractivity contribution >= 4 is 18.5 Å². The van der Waals surface area contributed by atoms with Crippen molar-refractivity contribution in [2.24, 2.45) is 0 Å². The molecule has 0 spiro atoms. The Morgan fingerprint density at radius 3 is 2.10 bits per heavy atom. The molecule has 0 radical (unpaired) electrons. The lowest BCUT2D eigenvalue weighted by Crippen LogP contribution is -2.41. The first-order valence-electron chi connectivity index (χ1n) is 13.9. The third-order valence-corrected chi connectivity index (χ3v) is 8.57. The number of rotatable bonds is 6. The van der Waals surface area contributed by atoms with Gasteiger partial charge in [-0.15, -0.1) is 0 Å². The van der Waals surface area contributed by atoms with Gasteiger partial charge in [-0.3, -0.25) is 0 Å². The summed E-state index contributed by atoms with van der Waals surface area (Å²) >= 11 is 0. The predicted octanol–water partition coefficient (Wildman–Crippen LogP) is 8.97. The Balaban J connectivity index is 1.54. The van der Waals surface area contributed by atoms with Crippen molar-refractivity contribution in [3.63, 3.8) is 0 Å². The molecule has 1 aliphatic heterocycles. The first-order chi connectivity index (χ1) is 18.4. The largest absolute Gasteiger partial charge is 0.494 e. The van der Waals surface area contributed by atoms with E-state index in [-0.39, 0.29) is 5.41 Å². The van der Waals surface area contributed by atoms with E-state index in [9.17, 15) is 0 Å². The van der Waals surface area contributed by atoms with Gasteiger partial charge in [-0.25, -0.2) is 0 Å². The van der Waals surface area contributed by atoms with E-state index in [1.807, 2.05) is 6.08 Å².